The molecule has 1 aromatic heterocycles. The van der Waals surface area contributed by atoms with Crippen LogP contribution in [-0.4, -0.2) is 68.1 Å². The lowest BCUT2D eigenvalue weighted by atomic mass is 10.3. The lowest BCUT2D eigenvalue weighted by Crippen LogP contribution is -2.33. The number of ether oxygens (including phenoxy) is 2. The van der Waals surface area contributed by atoms with E-state index in [4.69, 9.17) is 9.47 Å². The summed E-state index contributed by atoms with van der Waals surface area (Å²) in [6.07, 6.45) is 3.92. The molecule has 0 aromatic carbocycles. The van der Waals surface area contributed by atoms with Crippen LogP contribution in [0.3, 0.4) is 0 Å². The quantitative estimate of drug-likeness (QED) is 0.640. The second-order valence-electron chi connectivity index (χ2n) is 4.54. The van der Waals surface area contributed by atoms with Gasteiger partial charge in [-0.25, -0.2) is 4.98 Å². The summed E-state index contributed by atoms with van der Waals surface area (Å²) in [5.74, 6) is 0.859. The molecule has 19 heavy (non-hydrogen) atoms. The number of hydrogen-bond donors (Lipinski definition) is 1. The minimum Gasteiger partial charge on any atom is -0.383 e. The molecule has 0 spiro atoms. The number of methoxy groups -OCH3 is 2. The molecule has 1 atom stereocenters. The van der Waals surface area contributed by atoms with Gasteiger partial charge in [0.2, 0.25) is 5.95 Å². The van der Waals surface area contributed by atoms with Crippen LogP contribution < -0.4 is 5.32 Å². The van der Waals surface area contributed by atoms with E-state index in [-0.39, 0.29) is 6.10 Å². The van der Waals surface area contributed by atoms with Crippen LogP contribution >= 0.6 is 0 Å². The van der Waals surface area contributed by atoms with Crippen LogP contribution in [0.5, 0.6) is 0 Å². The summed E-state index contributed by atoms with van der Waals surface area (Å²) in [5, 5.41) is 3.25. The summed E-state index contributed by atoms with van der Waals surface area (Å²) in [6, 6.07) is 0. The summed E-state index contributed by atoms with van der Waals surface area (Å²) in [5.41, 5.74) is 0. The first-order chi connectivity index (χ1) is 9.21. The van der Waals surface area contributed by atoms with E-state index in [1.165, 1.54) is 0 Å². The molecule has 0 saturated heterocycles. The van der Waals surface area contributed by atoms with Gasteiger partial charge in [-0.3, -0.25) is 0 Å². The first kappa shape index (κ1) is 15.9. The van der Waals surface area contributed by atoms with E-state index in [1.807, 2.05) is 6.20 Å². The van der Waals surface area contributed by atoms with E-state index in [2.05, 4.69) is 33.7 Å². The third-order valence-electron chi connectivity index (χ3n) is 3.09. The molecule has 6 nitrogen and oxygen atoms in total. The van der Waals surface area contributed by atoms with E-state index >= 15 is 0 Å². The number of nitrogens with zero attached hydrogens (tertiary/aromatic N) is 3. The SMILES string of the molecule is CCN(C)CC(Cn1ccnc1NCCOC)OC. The van der Waals surface area contributed by atoms with Gasteiger partial charge in [0.1, 0.15) is 0 Å². The second kappa shape index (κ2) is 8.90. The summed E-state index contributed by atoms with van der Waals surface area (Å²) >= 11 is 0. The highest BCUT2D eigenvalue weighted by Gasteiger charge is 2.12. The molecule has 0 aliphatic heterocycles. The molecule has 0 amide bonds. The third-order valence-corrected chi connectivity index (χ3v) is 3.09. The summed E-state index contributed by atoms with van der Waals surface area (Å²) < 4.78 is 12.6. The smallest absolute Gasteiger partial charge is 0.202 e. The van der Waals surface area contributed by atoms with Gasteiger partial charge in [-0.15, -0.1) is 0 Å². The highest BCUT2D eigenvalue weighted by molar-refractivity contribution is 5.25. The van der Waals surface area contributed by atoms with Crippen molar-refractivity contribution in [2.45, 2.75) is 19.6 Å². The average molecular weight is 270 g/mol. The number of rotatable bonds is 10. The lowest BCUT2D eigenvalue weighted by Gasteiger charge is -2.23. The maximum Gasteiger partial charge on any atom is 0.202 e. The minimum absolute atomic E-state index is 0.155. The number of imidazole rings is 1. The molecule has 1 rings (SSSR count). The van der Waals surface area contributed by atoms with Crippen molar-refractivity contribution in [2.75, 3.05) is 52.8 Å². The Kier molecular flexibility index (Phi) is 7.47. The molecular formula is C13H26N4O2. The zero-order valence-electron chi connectivity index (χ0n) is 12.4. The van der Waals surface area contributed by atoms with Crippen LogP contribution in [0.1, 0.15) is 6.92 Å². The van der Waals surface area contributed by atoms with Crippen LogP contribution in [-0.2, 0) is 16.0 Å². The van der Waals surface area contributed by atoms with Gasteiger partial charge >= 0.3 is 0 Å². The summed E-state index contributed by atoms with van der Waals surface area (Å²) in [6.45, 7) is 6.27. The van der Waals surface area contributed by atoms with Gasteiger partial charge in [-0.1, -0.05) is 6.92 Å². The Labute approximate surface area is 115 Å². The van der Waals surface area contributed by atoms with Crippen molar-refractivity contribution >= 4 is 5.95 Å². The van der Waals surface area contributed by atoms with E-state index in [0.717, 1.165) is 32.1 Å². The van der Waals surface area contributed by atoms with Crippen molar-refractivity contribution < 1.29 is 9.47 Å². The monoisotopic (exact) mass is 270 g/mol. The second-order valence-corrected chi connectivity index (χ2v) is 4.54. The van der Waals surface area contributed by atoms with E-state index in [1.54, 1.807) is 20.4 Å². The predicted octanol–water partition coefficient (Wildman–Crippen LogP) is 0.908. The van der Waals surface area contributed by atoms with Crippen LogP contribution in [0.25, 0.3) is 0 Å². The van der Waals surface area contributed by atoms with Crippen molar-refractivity contribution in [2.24, 2.45) is 0 Å². The fraction of sp³-hybridized carbons (Fsp3) is 0.769. The third kappa shape index (κ3) is 5.59. The zero-order valence-corrected chi connectivity index (χ0v) is 12.4. The van der Waals surface area contributed by atoms with Crippen molar-refractivity contribution in [3.8, 4) is 0 Å². The van der Waals surface area contributed by atoms with Crippen molar-refractivity contribution in [3.63, 3.8) is 0 Å². The van der Waals surface area contributed by atoms with Gasteiger partial charge in [-0.2, -0.15) is 0 Å². The molecule has 6 heteroatoms. The number of likely N-dealkylation sites (N-methyl/N-ethyl adjacent to an activating group) is 1. The highest BCUT2D eigenvalue weighted by Crippen LogP contribution is 2.07. The predicted molar refractivity (Wildman–Crippen MR) is 76.6 cm³/mol. The molecule has 0 aliphatic carbocycles. The molecule has 0 aliphatic rings. The van der Waals surface area contributed by atoms with Gasteiger partial charge < -0.3 is 24.3 Å². The van der Waals surface area contributed by atoms with Crippen molar-refractivity contribution in [1.82, 2.24) is 14.5 Å². The maximum absolute atomic E-state index is 5.53. The van der Waals surface area contributed by atoms with Crippen molar-refractivity contribution in [3.05, 3.63) is 12.4 Å². The van der Waals surface area contributed by atoms with Crippen LogP contribution in [0.2, 0.25) is 0 Å². The Morgan fingerprint density at radius 2 is 2.26 bits per heavy atom. The first-order valence-electron chi connectivity index (χ1n) is 6.66. The molecule has 1 heterocycles. The Morgan fingerprint density at radius 3 is 2.89 bits per heavy atom. The van der Waals surface area contributed by atoms with E-state index in [0.29, 0.717) is 6.61 Å². The number of hydrogen-bond acceptors (Lipinski definition) is 5. The highest BCUT2D eigenvalue weighted by atomic mass is 16.5. The fourth-order valence-electron chi connectivity index (χ4n) is 1.79. The molecule has 0 saturated carbocycles. The van der Waals surface area contributed by atoms with Crippen LogP contribution in [0.15, 0.2) is 12.4 Å². The summed E-state index contributed by atoms with van der Waals surface area (Å²) in [4.78, 5) is 6.54. The molecule has 110 valence electrons. The summed E-state index contributed by atoms with van der Waals surface area (Å²) in [7, 11) is 5.54. The molecule has 0 bridgehead atoms. The maximum atomic E-state index is 5.53. The first-order valence-corrected chi connectivity index (χ1v) is 6.66. The van der Waals surface area contributed by atoms with Crippen LogP contribution in [0, 0.1) is 0 Å². The standard InChI is InChI=1S/C13H26N4O2/c1-5-16(2)10-12(19-4)11-17-8-6-14-13(17)15-7-9-18-3/h6,8,12H,5,7,9-11H2,1-4H3,(H,14,15). The van der Waals surface area contributed by atoms with Gasteiger partial charge in [0, 0.05) is 39.7 Å². The normalized spacial score (nSPS) is 12.9. The number of nitrogens with one attached hydrogen (secondary N) is 1. The number of aromatic nitrogens is 2. The molecule has 0 fully saturated rings. The number of anilines is 1. The topological polar surface area (TPSA) is 51.6 Å². The van der Waals surface area contributed by atoms with Crippen LogP contribution in [0.4, 0.5) is 5.95 Å². The molecule has 1 unspecified atom stereocenters. The van der Waals surface area contributed by atoms with Gasteiger partial charge in [0.15, 0.2) is 0 Å². The van der Waals surface area contributed by atoms with Gasteiger partial charge in [-0.05, 0) is 13.6 Å². The van der Waals surface area contributed by atoms with E-state index in [9.17, 15) is 0 Å². The molecule has 1 aromatic rings. The average Bonchev–Trinajstić information content (AvgIpc) is 2.85. The Bertz CT molecular complexity index is 343. The molecule has 0 radical (unpaired) electrons. The van der Waals surface area contributed by atoms with Gasteiger partial charge in [0.05, 0.1) is 19.3 Å². The fourth-order valence-corrected chi connectivity index (χ4v) is 1.79. The van der Waals surface area contributed by atoms with Crippen molar-refractivity contribution in [1.29, 1.82) is 0 Å². The largest absolute Gasteiger partial charge is 0.383 e. The Hall–Kier alpha value is -1.11. The minimum atomic E-state index is 0.155. The van der Waals surface area contributed by atoms with E-state index < -0.39 is 0 Å². The Balaban J connectivity index is 2.52. The Morgan fingerprint density at radius 1 is 1.47 bits per heavy atom. The zero-order chi connectivity index (χ0) is 14.1. The molecule has 1 N–H and O–H groups in total. The van der Waals surface area contributed by atoms with Gasteiger partial charge in [0.25, 0.3) is 0 Å². The molecular weight excluding hydrogens is 244 g/mol. The lowest BCUT2D eigenvalue weighted by molar-refractivity contribution is 0.0607.